The number of likely N-dealkylation sites (tertiary alicyclic amines) is 1. The second-order valence-electron chi connectivity index (χ2n) is 11.6. The largest absolute Gasteiger partial charge is 0.483 e. The number of pyridine rings is 1. The fourth-order valence-electron chi connectivity index (χ4n) is 6.67. The van der Waals surface area contributed by atoms with Gasteiger partial charge in [0, 0.05) is 54.9 Å². The number of carbonyl (C=O) groups excluding carboxylic acids is 3. The minimum absolute atomic E-state index is 0.00543. The van der Waals surface area contributed by atoms with E-state index in [2.05, 4.69) is 0 Å². The van der Waals surface area contributed by atoms with E-state index in [0.717, 1.165) is 5.56 Å². The van der Waals surface area contributed by atoms with Crippen molar-refractivity contribution in [1.29, 1.82) is 0 Å². The third-order valence-corrected chi connectivity index (χ3v) is 8.97. The van der Waals surface area contributed by atoms with Crippen LogP contribution in [0.5, 0.6) is 5.75 Å². The van der Waals surface area contributed by atoms with Crippen LogP contribution in [-0.4, -0.2) is 51.2 Å². The summed E-state index contributed by atoms with van der Waals surface area (Å²) in [6, 6.07) is 9.27. The number of nitrogens with zero attached hydrogens (tertiary/aromatic N) is 3. The van der Waals surface area contributed by atoms with Gasteiger partial charge in [0.05, 0.1) is 12.6 Å². The SMILES string of the molecule is C[C@H]1CC[C@]2(CC(=O)N(Cc3c(F)cc(F)cc3F)C2)[C@H]2CN1C(=O)c1c(OCc3ccccc3)c(=O)c(C(N)=O)cn12. The molecule has 3 aliphatic heterocycles. The van der Waals surface area contributed by atoms with Gasteiger partial charge >= 0.3 is 0 Å². The lowest BCUT2D eigenvalue weighted by Gasteiger charge is -2.43. The Labute approximate surface area is 244 Å². The second-order valence-corrected chi connectivity index (χ2v) is 11.6. The van der Waals surface area contributed by atoms with E-state index >= 15 is 0 Å². The highest BCUT2D eigenvalue weighted by atomic mass is 19.1. The van der Waals surface area contributed by atoms with Crippen LogP contribution in [0.3, 0.4) is 0 Å². The third-order valence-electron chi connectivity index (χ3n) is 8.97. The number of rotatable bonds is 6. The van der Waals surface area contributed by atoms with E-state index in [4.69, 9.17) is 10.5 Å². The van der Waals surface area contributed by atoms with Gasteiger partial charge in [0.25, 0.3) is 11.8 Å². The van der Waals surface area contributed by atoms with E-state index in [1.165, 1.54) is 15.7 Å². The Hall–Kier alpha value is -4.61. The van der Waals surface area contributed by atoms with Crippen molar-refractivity contribution in [2.45, 2.75) is 51.4 Å². The molecule has 2 saturated heterocycles. The van der Waals surface area contributed by atoms with Crippen LogP contribution in [-0.2, 0) is 17.9 Å². The van der Waals surface area contributed by atoms with Gasteiger partial charge in [-0.3, -0.25) is 19.2 Å². The number of hydrogen-bond donors (Lipinski definition) is 1. The number of halogens is 3. The number of nitrogens with two attached hydrogens (primary N) is 1. The normalized spacial score (nSPS) is 23.0. The summed E-state index contributed by atoms with van der Waals surface area (Å²) in [5.74, 6) is -5.36. The Bertz CT molecular complexity index is 1690. The summed E-state index contributed by atoms with van der Waals surface area (Å²) < 4.78 is 50.1. The van der Waals surface area contributed by atoms with Gasteiger partial charge in [-0.15, -0.1) is 0 Å². The van der Waals surface area contributed by atoms with Crippen molar-refractivity contribution in [3.8, 4) is 5.75 Å². The fourth-order valence-corrected chi connectivity index (χ4v) is 6.67. The summed E-state index contributed by atoms with van der Waals surface area (Å²) in [4.78, 5) is 56.2. The zero-order chi connectivity index (χ0) is 30.6. The van der Waals surface area contributed by atoms with Crippen molar-refractivity contribution >= 4 is 17.7 Å². The van der Waals surface area contributed by atoms with E-state index in [9.17, 15) is 32.3 Å². The Balaban J connectivity index is 1.45. The van der Waals surface area contributed by atoms with E-state index in [0.29, 0.717) is 25.0 Å². The standard InChI is InChI=1S/C31H29F3N4O5/c1-17-7-8-31(11-25(39)36(16-31)12-20-22(33)9-19(32)10-23(20)34)24-14-37(17)30(42)26-28(43-15-18-5-3-2-4-6-18)27(40)21(29(35)41)13-38(24)26/h2-6,9-10,13,17,24H,7-8,11-12,14-16H2,1H3,(H2,35,41)/t17-,24+,31+/m0/s1. The van der Waals surface area contributed by atoms with Crippen LogP contribution in [0.1, 0.15) is 64.2 Å². The number of fused-ring (bicyclic) bond motifs is 5. The number of amides is 3. The lowest BCUT2D eigenvalue weighted by molar-refractivity contribution is -0.128. The molecule has 3 atom stereocenters. The molecule has 6 rings (SSSR count). The zero-order valence-corrected chi connectivity index (χ0v) is 23.3. The lowest BCUT2D eigenvalue weighted by atomic mass is 9.75. The molecule has 2 fully saturated rings. The molecule has 2 bridgehead atoms. The molecule has 9 nitrogen and oxygen atoms in total. The van der Waals surface area contributed by atoms with Gasteiger partial charge < -0.3 is 24.8 Å². The van der Waals surface area contributed by atoms with Gasteiger partial charge in [0.1, 0.15) is 29.6 Å². The maximum absolute atomic E-state index is 14.5. The summed E-state index contributed by atoms with van der Waals surface area (Å²) >= 11 is 0. The summed E-state index contributed by atoms with van der Waals surface area (Å²) in [7, 11) is 0. The highest BCUT2D eigenvalue weighted by Gasteiger charge is 2.55. The monoisotopic (exact) mass is 594 g/mol. The van der Waals surface area contributed by atoms with E-state index < -0.39 is 58.3 Å². The number of aromatic nitrogens is 1. The Kier molecular flexibility index (Phi) is 7.02. The van der Waals surface area contributed by atoms with Crippen LogP contribution in [0.2, 0.25) is 0 Å². The first-order chi connectivity index (χ1) is 20.5. The molecule has 4 heterocycles. The van der Waals surface area contributed by atoms with Crippen molar-refractivity contribution in [3.63, 3.8) is 0 Å². The number of benzene rings is 2. The molecule has 224 valence electrons. The molecule has 43 heavy (non-hydrogen) atoms. The predicted molar refractivity (Wildman–Crippen MR) is 148 cm³/mol. The fraction of sp³-hybridized carbons (Fsp3) is 0.355. The smallest absolute Gasteiger partial charge is 0.274 e. The van der Waals surface area contributed by atoms with Gasteiger partial charge in [0.15, 0.2) is 11.4 Å². The van der Waals surface area contributed by atoms with Crippen LogP contribution in [0, 0.1) is 22.9 Å². The van der Waals surface area contributed by atoms with Crippen LogP contribution in [0.25, 0.3) is 0 Å². The Morgan fingerprint density at radius 2 is 1.79 bits per heavy atom. The predicted octanol–water partition coefficient (Wildman–Crippen LogP) is 3.54. The molecule has 3 amide bonds. The zero-order valence-electron chi connectivity index (χ0n) is 23.3. The average Bonchev–Trinajstić information content (AvgIpc) is 3.22. The molecule has 0 saturated carbocycles. The van der Waals surface area contributed by atoms with Gasteiger partial charge in [0.2, 0.25) is 11.3 Å². The summed E-state index contributed by atoms with van der Waals surface area (Å²) in [6.07, 6.45) is 2.25. The van der Waals surface area contributed by atoms with Gasteiger partial charge in [-0.2, -0.15) is 0 Å². The summed E-state index contributed by atoms with van der Waals surface area (Å²) in [5, 5.41) is 0. The van der Waals surface area contributed by atoms with Crippen LogP contribution in [0.4, 0.5) is 13.2 Å². The van der Waals surface area contributed by atoms with Crippen molar-refractivity contribution in [2.75, 3.05) is 13.1 Å². The molecule has 2 N–H and O–H groups in total. The quantitative estimate of drug-likeness (QED) is 0.469. The maximum atomic E-state index is 14.5. The average molecular weight is 595 g/mol. The second kappa shape index (κ2) is 10.6. The molecule has 2 aromatic carbocycles. The van der Waals surface area contributed by atoms with Gasteiger partial charge in [-0.1, -0.05) is 30.3 Å². The molecule has 12 heteroatoms. The number of carbonyl (C=O) groups is 3. The maximum Gasteiger partial charge on any atom is 0.274 e. The van der Waals surface area contributed by atoms with Crippen LogP contribution in [0.15, 0.2) is 53.5 Å². The highest BCUT2D eigenvalue weighted by Crippen LogP contribution is 2.51. The van der Waals surface area contributed by atoms with Crippen LogP contribution >= 0.6 is 0 Å². The van der Waals surface area contributed by atoms with Crippen molar-refractivity contribution in [1.82, 2.24) is 14.4 Å². The summed E-state index contributed by atoms with van der Waals surface area (Å²) in [6.45, 7) is 1.68. The van der Waals surface area contributed by atoms with Crippen molar-refractivity contribution < 1.29 is 32.3 Å². The van der Waals surface area contributed by atoms with E-state index in [1.54, 1.807) is 29.2 Å². The molecule has 0 aliphatic carbocycles. The molecule has 0 unspecified atom stereocenters. The van der Waals surface area contributed by atoms with E-state index in [-0.39, 0.29) is 55.1 Å². The molecule has 1 aromatic heterocycles. The molecule has 3 aliphatic rings. The minimum Gasteiger partial charge on any atom is -0.483 e. The number of primary amides is 1. The van der Waals surface area contributed by atoms with Crippen molar-refractivity contribution in [3.05, 3.63) is 98.7 Å². The van der Waals surface area contributed by atoms with Gasteiger partial charge in [-0.05, 0) is 25.3 Å². The van der Waals surface area contributed by atoms with E-state index in [1.807, 2.05) is 13.0 Å². The molecule has 1 spiro atoms. The first kappa shape index (κ1) is 28.5. The Morgan fingerprint density at radius 3 is 2.47 bits per heavy atom. The molecule has 3 aromatic rings. The van der Waals surface area contributed by atoms with Crippen LogP contribution < -0.4 is 15.9 Å². The van der Waals surface area contributed by atoms with Gasteiger partial charge in [-0.25, -0.2) is 13.2 Å². The highest BCUT2D eigenvalue weighted by molar-refractivity contribution is 5.99. The number of hydrogen-bond acceptors (Lipinski definition) is 5. The first-order valence-electron chi connectivity index (χ1n) is 14.0. The minimum atomic E-state index is -1.09. The molecular formula is C31H29F3N4O5. The number of ether oxygens (including phenoxy) is 1. The van der Waals surface area contributed by atoms with Crippen molar-refractivity contribution in [2.24, 2.45) is 11.1 Å². The Morgan fingerprint density at radius 1 is 1.09 bits per heavy atom. The molecular weight excluding hydrogens is 565 g/mol. The molecule has 0 radical (unpaired) electrons. The topological polar surface area (TPSA) is 115 Å². The first-order valence-corrected chi connectivity index (χ1v) is 14.0. The summed E-state index contributed by atoms with van der Waals surface area (Å²) in [5.41, 5.74) is 3.85. The third kappa shape index (κ3) is 4.84. The lowest BCUT2D eigenvalue weighted by Crippen LogP contribution is -2.51.